The Kier molecular flexibility index (Phi) is 4.58. The van der Waals surface area contributed by atoms with Crippen molar-refractivity contribution in [2.24, 2.45) is 0 Å². The first-order valence-electron chi connectivity index (χ1n) is 6.86. The zero-order valence-corrected chi connectivity index (χ0v) is 14.4. The Balaban J connectivity index is 2.84. The van der Waals surface area contributed by atoms with Crippen LogP contribution >= 0.6 is 34.8 Å². The molecule has 1 aromatic heterocycles. The summed E-state index contributed by atoms with van der Waals surface area (Å²) in [6, 6.07) is 3.70. The van der Waals surface area contributed by atoms with E-state index < -0.39 is 0 Å². The summed E-state index contributed by atoms with van der Waals surface area (Å²) in [7, 11) is 0. The zero-order chi connectivity index (χ0) is 15.1. The fourth-order valence-corrected chi connectivity index (χ4v) is 2.95. The van der Waals surface area contributed by atoms with E-state index in [9.17, 15) is 0 Å². The SMILES string of the molecule is CCC(C)(CC)n1c(C(C)Cl)nc2cc(Cl)c(Cl)cc21. The molecule has 5 heteroatoms. The maximum Gasteiger partial charge on any atom is 0.128 e. The van der Waals surface area contributed by atoms with Gasteiger partial charge in [-0.1, -0.05) is 37.0 Å². The number of imidazole rings is 1. The molecule has 0 fully saturated rings. The van der Waals surface area contributed by atoms with E-state index in [1.807, 2.05) is 19.1 Å². The molecule has 1 heterocycles. The molecule has 1 atom stereocenters. The monoisotopic (exact) mass is 332 g/mol. The summed E-state index contributed by atoms with van der Waals surface area (Å²) in [5.41, 5.74) is 1.80. The number of fused-ring (bicyclic) bond motifs is 1. The van der Waals surface area contributed by atoms with E-state index in [1.54, 1.807) is 0 Å². The first-order chi connectivity index (χ1) is 9.34. The number of hydrogen-bond acceptors (Lipinski definition) is 1. The van der Waals surface area contributed by atoms with Crippen LogP contribution < -0.4 is 0 Å². The molecule has 0 aliphatic rings. The number of aromatic nitrogens is 2. The van der Waals surface area contributed by atoms with E-state index in [0.29, 0.717) is 10.0 Å². The summed E-state index contributed by atoms with van der Waals surface area (Å²) in [4.78, 5) is 4.66. The Morgan fingerprint density at radius 3 is 2.25 bits per heavy atom. The highest BCUT2D eigenvalue weighted by Gasteiger charge is 2.29. The van der Waals surface area contributed by atoms with Crippen molar-refractivity contribution in [3.8, 4) is 0 Å². The van der Waals surface area contributed by atoms with Gasteiger partial charge in [0, 0.05) is 5.54 Å². The second-order valence-electron chi connectivity index (χ2n) is 5.38. The van der Waals surface area contributed by atoms with Crippen LogP contribution in [0.3, 0.4) is 0 Å². The minimum atomic E-state index is -0.169. The molecule has 0 aliphatic heterocycles. The largest absolute Gasteiger partial charge is 0.321 e. The molecule has 0 saturated heterocycles. The molecular weight excluding hydrogens is 315 g/mol. The number of halogens is 3. The molecule has 0 saturated carbocycles. The van der Waals surface area contributed by atoms with Crippen LogP contribution in [-0.2, 0) is 5.54 Å². The highest BCUT2D eigenvalue weighted by molar-refractivity contribution is 6.42. The van der Waals surface area contributed by atoms with Gasteiger partial charge in [-0.3, -0.25) is 0 Å². The molecule has 0 spiro atoms. The van der Waals surface area contributed by atoms with E-state index >= 15 is 0 Å². The maximum atomic E-state index is 6.33. The summed E-state index contributed by atoms with van der Waals surface area (Å²) in [6.07, 6.45) is 1.98. The summed E-state index contributed by atoms with van der Waals surface area (Å²) in [5, 5.41) is 0.897. The molecule has 0 bridgehead atoms. The van der Waals surface area contributed by atoms with Gasteiger partial charge in [-0.2, -0.15) is 0 Å². The van der Waals surface area contributed by atoms with Crippen molar-refractivity contribution in [1.82, 2.24) is 9.55 Å². The average Bonchev–Trinajstić information content (AvgIpc) is 2.77. The molecule has 0 radical (unpaired) electrons. The molecule has 110 valence electrons. The van der Waals surface area contributed by atoms with Gasteiger partial charge in [-0.25, -0.2) is 4.98 Å². The van der Waals surface area contributed by atoms with Crippen molar-refractivity contribution in [1.29, 1.82) is 0 Å². The fourth-order valence-electron chi connectivity index (χ4n) is 2.49. The number of hydrogen-bond donors (Lipinski definition) is 0. The number of benzene rings is 1. The molecule has 2 nitrogen and oxygen atoms in total. The Bertz CT molecular complexity index is 628. The summed E-state index contributed by atoms with van der Waals surface area (Å²) in [5.74, 6) is 0.867. The second kappa shape index (κ2) is 5.75. The van der Waals surface area contributed by atoms with Crippen LogP contribution in [0.5, 0.6) is 0 Å². The van der Waals surface area contributed by atoms with Crippen LogP contribution in [0.2, 0.25) is 10.0 Å². The van der Waals surface area contributed by atoms with E-state index in [2.05, 4.69) is 30.3 Å². The predicted molar refractivity (Wildman–Crippen MR) is 88.3 cm³/mol. The fraction of sp³-hybridized carbons (Fsp3) is 0.533. The van der Waals surface area contributed by atoms with Crippen LogP contribution in [-0.4, -0.2) is 9.55 Å². The van der Waals surface area contributed by atoms with Gasteiger partial charge in [-0.05, 0) is 38.8 Å². The molecule has 2 aromatic rings. The van der Waals surface area contributed by atoms with Gasteiger partial charge in [0.25, 0.3) is 0 Å². The lowest BCUT2D eigenvalue weighted by Gasteiger charge is -2.32. The minimum absolute atomic E-state index is 0.0373. The van der Waals surface area contributed by atoms with Crippen molar-refractivity contribution >= 4 is 45.8 Å². The number of alkyl halides is 1. The Morgan fingerprint density at radius 2 is 1.75 bits per heavy atom. The van der Waals surface area contributed by atoms with Crippen molar-refractivity contribution in [2.45, 2.75) is 51.5 Å². The van der Waals surface area contributed by atoms with Crippen molar-refractivity contribution < 1.29 is 0 Å². The van der Waals surface area contributed by atoms with E-state index in [-0.39, 0.29) is 10.9 Å². The van der Waals surface area contributed by atoms with E-state index in [4.69, 9.17) is 34.8 Å². The molecule has 20 heavy (non-hydrogen) atoms. The molecule has 0 N–H and O–H groups in total. The van der Waals surface area contributed by atoms with Gasteiger partial charge in [0.1, 0.15) is 5.82 Å². The van der Waals surface area contributed by atoms with E-state index in [1.165, 1.54) is 0 Å². The predicted octanol–water partition coefficient (Wildman–Crippen LogP) is 6.18. The van der Waals surface area contributed by atoms with E-state index in [0.717, 1.165) is 29.7 Å². The van der Waals surface area contributed by atoms with Crippen molar-refractivity contribution in [3.05, 3.63) is 28.0 Å². The van der Waals surface area contributed by atoms with Crippen LogP contribution in [0.25, 0.3) is 11.0 Å². The second-order valence-corrected chi connectivity index (χ2v) is 6.85. The topological polar surface area (TPSA) is 17.8 Å². The van der Waals surface area contributed by atoms with Crippen LogP contribution in [0.1, 0.15) is 51.7 Å². The minimum Gasteiger partial charge on any atom is -0.321 e. The van der Waals surface area contributed by atoms with Crippen LogP contribution in [0.15, 0.2) is 12.1 Å². The molecule has 1 unspecified atom stereocenters. The van der Waals surface area contributed by atoms with Gasteiger partial charge in [-0.15, -0.1) is 11.6 Å². The van der Waals surface area contributed by atoms with Gasteiger partial charge in [0.05, 0.1) is 26.5 Å². The normalized spacial score (nSPS) is 13.9. The maximum absolute atomic E-state index is 6.33. The summed E-state index contributed by atoms with van der Waals surface area (Å²) >= 11 is 18.6. The lowest BCUT2D eigenvalue weighted by molar-refractivity contribution is 0.293. The number of nitrogens with zero attached hydrogens (tertiary/aromatic N) is 2. The first-order valence-corrected chi connectivity index (χ1v) is 8.05. The van der Waals surface area contributed by atoms with Gasteiger partial charge >= 0.3 is 0 Å². The molecule has 1 aromatic carbocycles. The molecule has 0 aliphatic carbocycles. The third kappa shape index (κ3) is 2.54. The standard InChI is InChI=1S/C15H19Cl3N2/c1-5-15(4,6-2)20-13-8-11(18)10(17)7-12(13)19-14(20)9(3)16/h7-9H,5-6H2,1-4H3. The average molecular weight is 334 g/mol. The van der Waals surface area contributed by atoms with Gasteiger partial charge in [0.2, 0.25) is 0 Å². The quantitative estimate of drug-likeness (QED) is 0.611. The third-order valence-electron chi connectivity index (χ3n) is 4.14. The van der Waals surface area contributed by atoms with Crippen molar-refractivity contribution in [3.63, 3.8) is 0 Å². The summed E-state index contributed by atoms with van der Waals surface area (Å²) < 4.78 is 2.22. The first kappa shape index (κ1) is 15.9. The van der Waals surface area contributed by atoms with Crippen molar-refractivity contribution in [2.75, 3.05) is 0 Å². The lowest BCUT2D eigenvalue weighted by atomic mass is 9.94. The summed E-state index contributed by atoms with van der Waals surface area (Å²) in [6.45, 7) is 8.51. The van der Waals surface area contributed by atoms with Gasteiger partial charge < -0.3 is 4.57 Å². The lowest BCUT2D eigenvalue weighted by Crippen LogP contribution is -2.30. The molecule has 0 amide bonds. The van der Waals surface area contributed by atoms with Gasteiger partial charge in [0.15, 0.2) is 0 Å². The Morgan fingerprint density at radius 1 is 1.20 bits per heavy atom. The highest BCUT2D eigenvalue weighted by atomic mass is 35.5. The van der Waals surface area contributed by atoms with Crippen LogP contribution in [0, 0.1) is 0 Å². The zero-order valence-electron chi connectivity index (χ0n) is 12.2. The molecule has 2 rings (SSSR count). The van der Waals surface area contributed by atoms with Crippen LogP contribution in [0.4, 0.5) is 0 Å². The Labute approximate surface area is 135 Å². The smallest absolute Gasteiger partial charge is 0.128 e. The third-order valence-corrected chi connectivity index (χ3v) is 5.06. The highest BCUT2D eigenvalue weighted by Crippen LogP contribution is 2.37. The Hall–Kier alpha value is -0.440. The molecular formula is C15H19Cl3N2. The number of rotatable bonds is 4.